The molecule has 118 valence electrons. The van der Waals surface area contributed by atoms with Gasteiger partial charge in [0.25, 0.3) is 0 Å². The van der Waals surface area contributed by atoms with Crippen LogP contribution in [-0.4, -0.2) is 11.7 Å². The van der Waals surface area contributed by atoms with Gasteiger partial charge in [-0.1, -0.05) is 48.6 Å². The van der Waals surface area contributed by atoms with Crippen molar-refractivity contribution in [3.05, 3.63) is 84.5 Å². The number of phenols is 1. The summed E-state index contributed by atoms with van der Waals surface area (Å²) in [5.41, 5.74) is 3.35. The number of phenolic OH excluding ortho intramolecular Hbond substituents is 1. The average molecular weight is 305 g/mol. The van der Waals surface area contributed by atoms with Gasteiger partial charge in [0.1, 0.15) is 5.75 Å². The van der Waals surface area contributed by atoms with Crippen LogP contribution >= 0.6 is 0 Å². The molecule has 0 saturated carbocycles. The molecule has 2 rings (SSSR count). The molecule has 2 heteroatoms. The van der Waals surface area contributed by atoms with Crippen LogP contribution in [0.3, 0.4) is 0 Å². The third-order valence-electron chi connectivity index (χ3n) is 3.45. The fraction of sp³-hybridized carbons (Fsp3) is 0.143. The molecule has 1 N–H and O–H groups in total. The van der Waals surface area contributed by atoms with Crippen molar-refractivity contribution in [1.29, 1.82) is 0 Å². The third-order valence-corrected chi connectivity index (χ3v) is 3.45. The van der Waals surface area contributed by atoms with Crippen LogP contribution in [0.25, 0.3) is 6.08 Å². The van der Waals surface area contributed by atoms with Crippen LogP contribution in [0.2, 0.25) is 0 Å². The lowest BCUT2D eigenvalue weighted by atomic mass is 10.1. The summed E-state index contributed by atoms with van der Waals surface area (Å²) in [6.07, 6.45) is 12.3. The normalized spacial score (nSPS) is 11.7. The van der Waals surface area contributed by atoms with E-state index in [0.29, 0.717) is 0 Å². The highest BCUT2D eigenvalue weighted by atomic mass is 16.3. The van der Waals surface area contributed by atoms with Crippen molar-refractivity contribution in [2.24, 2.45) is 0 Å². The smallest absolute Gasteiger partial charge is 0.115 e. The van der Waals surface area contributed by atoms with E-state index in [1.54, 1.807) is 12.1 Å². The van der Waals surface area contributed by atoms with Gasteiger partial charge in [-0.25, -0.2) is 0 Å². The Kier molecular flexibility index (Phi) is 6.25. The fourth-order valence-corrected chi connectivity index (χ4v) is 2.31. The number of hydrogen-bond donors (Lipinski definition) is 1. The second-order valence-corrected chi connectivity index (χ2v) is 5.17. The van der Waals surface area contributed by atoms with Gasteiger partial charge in [0, 0.05) is 17.9 Å². The third kappa shape index (κ3) is 4.89. The van der Waals surface area contributed by atoms with Crippen molar-refractivity contribution in [2.45, 2.75) is 13.8 Å². The molecule has 0 bridgehead atoms. The summed E-state index contributed by atoms with van der Waals surface area (Å²) in [7, 11) is 0. The molecule has 0 aromatic heterocycles. The highest BCUT2D eigenvalue weighted by molar-refractivity contribution is 5.66. The lowest BCUT2D eigenvalue weighted by Crippen LogP contribution is -2.16. The Hall–Kier alpha value is -2.74. The first-order chi connectivity index (χ1) is 11.2. The molecule has 23 heavy (non-hydrogen) atoms. The first-order valence-corrected chi connectivity index (χ1v) is 7.81. The molecular formula is C21H23NO. The number of hydrogen-bond acceptors (Lipinski definition) is 2. The molecule has 2 nitrogen and oxygen atoms in total. The van der Waals surface area contributed by atoms with E-state index in [-0.39, 0.29) is 5.75 Å². The van der Waals surface area contributed by atoms with E-state index in [4.69, 9.17) is 0 Å². The quantitative estimate of drug-likeness (QED) is 0.692. The average Bonchev–Trinajstić information content (AvgIpc) is 2.57. The van der Waals surface area contributed by atoms with Crippen molar-refractivity contribution in [2.75, 3.05) is 11.4 Å². The van der Waals surface area contributed by atoms with Gasteiger partial charge < -0.3 is 10.0 Å². The predicted molar refractivity (Wildman–Crippen MR) is 100 cm³/mol. The Morgan fingerprint density at radius 3 is 2.00 bits per heavy atom. The van der Waals surface area contributed by atoms with Gasteiger partial charge in [0.2, 0.25) is 0 Å². The zero-order chi connectivity index (χ0) is 16.5. The Morgan fingerprint density at radius 1 is 0.826 bits per heavy atom. The highest BCUT2D eigenvalue weighted by Gasteiger charge is 2.07. The van der Waals surface area contributed by atoms with E-state index in [2.05, 4.69) is 41.3 Å². The molecule has 0 aliphatic carbocycles. The van der Waals surface area contributed by atoms with E-state index in [1.165, 1.54) is 5.56 Å². The minimum atomic E-state index is 0.279. The van der Waals surface area contributed by atoms with Crippen molar-refractivity contribution >= 4 is 17.5 Å². The molecular weight excluding hydrogens is 282 g/mol. The summed E-state index contributed by atoms with van der Waals surface area (Å²) < 4.78 is 0. The number of nitrogens with zero attached hydrogens (tertiary/aromatic N) is 1. The van der Waals surface area contributed by atoms with Crippen LogP contribution in [0.4, 0.5) is 11.4 Å². The van der Waals surface area contributed by atoms with E-state index < -0.39 is 0 Å². The molecule has 0 atom stereocenters. The monoisotopic (exact) mass is 305 g/mol. The van der Waals surface area contributed by atoms with Gasteiger partial charge in [-0.05, 0) is 55.8 Å². The Balaban J connectivity index is 2.29. The molecule has 0 radical (unpaired) electrons. The Morgan fingerprint density at radius 2 is 1.43 bits per heavy atom. The number of anilines is 2. The molecule has 0 aliphatic heterocycles. The van der Waals surface area contributed by atoms with Gasteiger partial charge in [-0.3, -0.25) is 0 Å². The van der Waals surface area contributed by atoms with Crippen LogP contribution in [0.15, 0.2) is 78.9 Å². The predicted octanol–water partition coefficient (Wildman–Crippen LogP) is 5.70. The van der Waals surface area contributed by atoms with Crippen molar-refractivity contribution < 1.29 is 5.11 Å². The van der Waals surface area contributed by atoms with Gasteiger partial charge in [-0.2, -0.15) is 0 Å². The number of benzene rings is 2. The van der Waals surface area contributed by atoms with Gasteiger partial charge in [0.15, 0.2) is 0 Å². The summed E-state index contributed by atoms with van der Waals surface area (Å²) in [5.74, 6) is 0.279. The second-order valence-electron chi connectivity index (χ2n) is 5.17. The van der Waals surface area contributed by atoms with Gasteiger partial charge >= 0.3 is 0 Å². The summed E-state index contributed by atoms with van der Waals surface area (Å²) in [4.78, 5) is 2.21. The zero-order valence-electron chi connectivity index (χ0n) is 13.7. The Bertz CT molecular complexity index is 679. The van der Waals surface area contributed by atoms with Crippen LogP contribution in [0.1, 0.15) is 19.4 Å². The van der Waals surface area contributed by atoms with Crippen molar-refractivity contribution in [1.82, 2.24) is 0 Å². The van der Waals surface area contributed by atoms with Crippen molar-refractivity contribution in [3.63, 3.8) is 0 Å². The van der Waals surface area contributed by atoms with Crippen LogP contribution in [0.5, 0.6) is 5.75 Å². The second kappa shape index (κ2) is 8.64. The molecule has 0 amide bonds. The first-order valence-electron chi connectivity index (χ1n) is 7.81. The molecule has 0 aliphatic rings. The summed E-state index contributed by atoms with van der Waals surface area (Å²) >= 11 is 0. The maximum Gasteiger partial charge on any atom is 0.115 e. The van der Waals surface area contributed by atoms with E-state index >= 15 is 0 Å². The lowest BCUT2D eigenvalue weighted by Gasteiger charge is -2.24. The summed E-state index contributed by atoms with van der Waals surface area (Å²) in [5, 5.41) is 9.50. The number of rotatable bonds is 6. The molecule has 2 aromatic carbocycles. The molecule has 0 heterocycles. The topological polar surface area (TPSA) is 23.5 Å². The van der Waals surface area contributed by atoms with E-state index in [1.807, 2.05) is 50.3 Å². The zero-order valence-corrected chi connectivity index (χ0v) is 13.7. The minimum absolute atomic E-state index is 0.279. The molecule has 0 fully saturated rings. The van der Waals surface area contributed by atoms with Crippen LogP contribution in [-0.2, 0) is 0 Å². The van der Waals surface area contributed by atoms with Crippen LogP contribution < -0.4 is 4.90 Å². The van der Waals surface area contributed by atoms with E-state index in [0.717, 1.165) is 17.9 Å². The van der Waals surface area contributed by atoms with Crippen molar-refractivity contribution in [3.8, 4) is 5.75 Å². The van der Waals surface area contributed by atoms with Gasteiger partial charge in [0.05, 0.1) is 0 Å². The van der Waals surface area contributed by atoms with E-state index in [9.17, 15) is 5.11 Å². The van der Waals surface area contributed by atoms with Crippen LogP contribution in [0, 0.1) is 0 Å². The SMILES string of the molecule is CC=Cc1ccc(N(C/C=C\C=C/C)c2ccc(O)cc2)cc1. The fourth-order valence-electron chi connectivity index (χ4n) is 2.31. The summed E-state index contributed by atoms with van der Waals surface area (Å²) in [6, 6.07) is 15.7. The minimum Gasteiger partial charge on any atom is -0.508 e. The molecule has 0 unspecified atom stereocenters. The lowest BCUT2D eigenvalue weighted by molar-refractivity contribution is 0.475. The first kappa shape index (κ1) is 16.6. The number of allylic oxidation sites excluding steroid dienone is 4. The largest absolute Gasteiger partial charge is 0.508 e. The molecule has 0 spiro atoms. The molecule has 2 aromatic rings. The standard InChI is InChI=1S/C21H23NO/c1-3-5-6-7-17-22(20-13-15-21(23)16-14-20)19-11-9-18(8-4-2)10-12-19/h3-16,23H,17H2,1-2H3/b5-3-,7-6-,8-4?. The maximum atomic E-state index is 9.50. The molecule has 0 saturated heterocycles. The summed E-state index contributed by atoms with van der Waals surface area (Å²) in [6.45, 7) is 4.78. The van der Waals surface area contributed by atoms with Gasteiger partial charge in [-0.15, -0.1) is 0 Å². The maximum absolute atomic E-state index is 9.50. The Labute approximate surface area is 138 Å². The highest BCUT2D eigenvalue weighted by Crippen LogP contribution is 2.27. The number of aromatic hydroxyl groups is 1.